The van der Waals surface area contributed by atoms with Crippen molar-refractivity contribution in [3.05, 3.63) is 68.1 Å². The van der Waals surface area contributed by atoms with Crippen LogP contribution in [0, 0.1) is 25.5 Å². The average molecular weight is 516 g/mol. The Morgan fingerprint density at radius 2 is 1.83 bits per heavy atom. The van der Waals surface area contributed by atoms with Gasteiger partial charge in [-0.2, -0.15) is 0 Å². The number of aliphatic hydroxyl groups is 1. The van der Waals surface area contributed by atoms with Crippen molar-refractivity contribution in [1.29, 1.82) is 0 Å². The van der Waals surface area contributed by atoms with Gasteiger partial charge in [-0.25, -0.2) is 8.78 Å². The zero-order valence-corrected chi connectivity index (χ0v) is 21.6. The number of pyridine rings is 1. The molecule has 1 amide bonds. The van der Waals surface area contributed by atoms with E-state index in [1.54, 1.807) is 27.8 Å². The minimum atomic E-state index is -1.53. The monoisotopic (exact) mass is 515 g/mol. The topological polar surface area (TPSA) is 96.3 Å². The lowest BCUT2D eigenvalue weighted by atomic mass is 10.1. The number of rotatable bonds is 6. The lowest BCUT2D eigenvalue weighted by molar-refractivity contribution is 0.0785. The minimum Gasteiger partial charge on any atom is -0.452 e. The van der Waals surface area contributed by atoms with Crippen LogP contribution in [-0.4, -0.2) is 27.1 Å². The van der Waals surface area contributed by atoms with Crippen LogP contribution in [0.2, 0.25) is 0 Å². The molecule has 0 saturated carbocycles. The number of amides is 1. The number of carbonyl (C=O) groups is 1. The second kappa shape index (κ2) is 9.18. The van der Waals surface area contributed by atoms with E-state index >= 15 is 4.39 Å². The number of carbonyl (C=O) groups excluding carboxylic acids is 1. The Morgan fingerprint density at radius 1 is 1.19 bits per heavy atom. The molecule has 0 unspecified atom stereocenters. The molecule has 0 fully saturated rings. The van der Waals surface area contributed by atoms with Crippen molar-refractivity contribution in [2.75, 3.05) is 6.54 Å². The summed E-state index contributed by atoms with van der Waals surface area (Å²) < 4.78 is 37.1. The maximum Gasteiger partial charge on any atom is 0.274 e. The number of nitrogens with one attached hydrogen (secondary N) is 2. The van der Waals surface area contributed by atoms with Crippen molar-refractivity contribution in [3.8, 4) is 21.9 Å². The summed E-state index contributed by atoms with van der Waals surface area (Å²) in [5, 5.41) is 13.8. The molecule has 0 radical (unpaired) electrons. The highest BCUT2D eigenvalue weighted by Gasteiger charge is 2.32. The maximum atomic E-state index is 15.8. The molecule has 7 nitrogen and oxygen atoms in total. The van der Waals surface area contributed by atoms with Crippen LogP contribution >= 0.6 is 11.3 Å². The van der Waals surface area contributed by atoms with Crippen LogP contribution in [0.25, 0.3) is 21.3 Å². The van der Waals surface area contributed by atoms with Gasteiger partial charge in [0.25, 0.3) is 11.5 Å². The molecule has 3 N–H and O–H groups in total. The zero-order valence-electron chi connectivity index (χ0n) is 20.8. The first-order chi connectivity index (χ1) is 16.8. The predicted molar refractivity (Wildman–Crippen MR) is 136 cm³/mol. The van der Waals surface area contributed by atoms with Crippen LogP contribution in [0.3, 0.4) is 0 Å². The molecule has 0 bridgehead atoms. The summed E-state index contributed by atoms with van der Waals surface area (Å²) in [6.07, 6.45) is 1.54. The first-order valence-corrected chi connectivity index (χ1v) is 12.2. The Morgan fingerprint density at radius 3 is 2.42 bits per heavy atom. The minimum absolute atomic E-state index is 0.0337. The molecule has 0 saturated heterocycles. The third kappa shape index (κ3) is 4.42. The molecular formula is C26H27F2N3O4S. The van der Waals surface area contributed by atoms with Gasteiger partial charge in [0.15, 0.2) is 11.6 Å². The van der Waals surface area contributed by atoms with Crippen LogP contribution in [-0.2, 0) is 12.6 Å². The fraction of sp³-hybridized carbons (Fsp3) is 0.308. The lowest BCUT2D eigenvalue weighted by Crippen LogP contribution is -2.23. The van der Waals surface area contributed by atoms with Gasteiger partial charge in [-0.05, 0) is 63.9 Å². The molecule has 0 aliphatic carbocycles. The lowest BCUT2D eigenvalue weighted by Gasteiger charge is -2.15. The summed E-state index contributed by atoms with van der Waals surface area (Å²) in [5.74, 6) is -1.45. The number of nitrogens with zero attached hydrogens (tertiary/aromatic N) is 1. The second-order valence-electron chi connectivity index (χ2n) is 9.22. The summed E-state index contributed by atoms with van der Waals surface area (Å²) in [4.78, 5) is 28.5. The van der Waals surface area contributed by atoms with Crippen molar-refractivity contribution in [3.63, 3.8) is 0 Å². The van der Waals surface area contributed by atoms with Gasteiger partial charge >= 0.3 is 0 Å². The Labute approximate surface area is 210 Å². The molecule has 10 heteroatoms. The standard InChI is InChI=1S/C26H27F2N3O4S/c1-7-29-24(32)17-10-15-16(11-31(6)25(33)19(15)30-17)22-21(18(28)23(36-22)26(4,5)34)35-20-12(2)8-14(27)9-13(20)3/h8-11,30,34H,7H2,1-6H3,(H,29,32). The first kappa shape index (κ1) is 25.6. The highest BCUT2D eigenvalue weighted by molar-refractivity contribution is 7.16. The third-order valence-electron chi connectivity index (χ3n) is 5.79. The van der Waals surface area contributed by atoms with E-state index in [0.29, 0.717) is 33.5 Å². The van der Waals surface area contributed by atoms with Crippen molar-refractivity contribution in [2.24, 2.45) is 7.05 Å². The van der Waals surface area contributed by atoms with Crippen LogP contribution in [0.5, 0.6) is 11.5 Å². The van der Waals surface area contributed by atoms with Crippen molar-refractivity contribution in [1.82, 2.24) is 14.9 Å². The van der Waals surface area contributed by atoms with Crippen molar-refractivity contribution in [2.45, 2.75) is 40.2 Å². The summed E-state index contributed by atoms with van der Waals surface area (Å²) in [5.41, 5.74) is -0.150. The zero-order chi connectivity index (χ0) is 26.5. The number of halogens is 2. The maximum absolute atomic E-state index is 15.8. The molecule has 0 spiro atoms. The Balaban J connectivity index is 2.02. The van der Waals surface area contributed by atoms with E-state index in [2.05, 4.69) is 10.3 Å². The van der Waals surface area contributed by atoms with Gasteiger partial charge in [-0.1, -0.05) is 0 Å². The van der Waals surface area contributed by atoms with Crippen LogP contribution < -0.4 is 15.6 Å². The predicted octanol–water partition coefficient (Wildman–Crippen LogP) is 5.26. The molecule has 190 valence electrons. The van der Waals surface area contributed by atoms with Crippen LogP contribution in [0.4, 0.5) is 8.78 Å². The summed E-state index contributed by atoms with van der Waals surface area (Å²) in [6, 6.07) is 4.12. The molecule has 4 aromatic rings. The number of aromatic nitrogens is 2. The highest BCUT2D eigenvalue weighted by atomic mass is 32.1. The molecule has 4 rings (SSSR count). The fourth-order valence-corrected chi connectivity index (χ4v) is 5.24. The Bertz CT molecular complexity index is 1540. The van der Waals surface area contributed by atoms with Gasteiger partial charge in [0, 0.05) is 30.7 Å². The number of benzene rings is 1. The molecule has 3 heterocycles. The van der Waals surface area contributed by atoms with Gasteiger partial charge in [0.2, 0.25) is 0 Å². The largest absolute Gasteiger partial charge is 0.452 e. The molecule has 1 aromatic carbocycles. The van der Waals surface area contributed by atoms with Gasteiger partial charge in [-0.3, -0.25) is 9.59 Å². The molecular weight excluding hydrogens is 488 g/mol. The quantitative estimate of drug-likeness (QED) is 0.326. The molecule has 0 atom stereocenters. The number of H-pyrrole nitrogens is 1. The van der Waals surface area contributed by atoms with E-state index < -0.39 is 17.2 Å². The number of fused-ring (bicyclic) bond motifs is 1. The van der Waals surface area contributed by atoms with E-state index in [9.17, 15) is 19.1 Å². The van der Waals surface area contributed by atoms with E-state index in [4.69, 9.17) is 4.74 Å². The SMILES string of the molecule is CCNC(=O)c1cc2c(-c3sc(C(C)(C)O)c(F)c3Oc3c(C)cc(F)cc3C)cn(C)c(=O)c2[nH]1. The number of thiophene rings is 1. The average Bonchev–Trinajstić information content (AvgIpc) is 3.36. The van der Waals surface area contributed by atoms with E-state index in [-0.39, 0.29) is 39.1 Å². The molecule has 3 aromatic heterocycles. The normalized spacial score (nSPS) is 11.8. The summed E-state index contributed by atoms with van der Waals surface area (Å²) in [7, 11) is 1.55. The van der Waals surface area contributed by atoms with Crippen molar-refractivity contribution < 1.29 is 23.4 Å². The van der Waals surface area contributed by atoms with Crippen LogP contribution in [0.1, 0.15) is 47.3 Å². The highest BCUT2D eigenvalue weighted by Crippen LogP contribution is 2.49. The van der Waals surface area contributed by atoms with E-state index in [0.717, 1.165) is 11.3 Å². The smallest absolute Gasteiger partial charge is 0.274 e. The van der Waals surface area contributed by atoms with Gasteiger partial charge in [0.05, 0.1) is 15.4 Å². The summed E-state index contributed by atoms with van der Waals surface area (Å²) in [6.45, 7) is 8.41. The molecule has 0 aliphatic heterocycles. The number of hydrogen-bond acceptors (Lipinski definition) is 5. The van der Waals surface area contributed by atoms with E-state index in [1.165, 1.54) is 42.8 Å². The Hall–Kier alpha value is -3.50. The number of aromatic amines is 1. The second-order valence-corrected chi connectivity index (χ2v) is 10.2. The van der Waals surface area contributed by atoms with Crippen molar-refractivity contribution >= 4 is 28.1 Å². The Kier molecular flexibility index (Phi) is 6.52. The number of ether oxygens (including phenoxy) is 1. The molecule has 36 heavy (non-hydrogen) atoms. The van der Waals surface area contributed by atoms with Gasteiger partial charge in [-0.15, -0.1) is 11.3 Å². The van der Waals surface area contributed by atoms with E-state index in [1.807, 2.05) is 0 Å². The van der Waals surface area contributed by atoms with Gasteiger partial charge in [0.1, 0.15) is 22.8 Å². The molecule has 0 aliphatic rings. The summed E-state index contributed by atoms with van der Waals surface area (Å²) >= 11 is 0.984. The fourth-order valence-electron chi connectivity index (χ4n) is 4.11. The van der Waals surface area contributed by atoms with Crippen LogP contribution in [0.15, 0.2) is 29.2 Å². The van der Waals surface area contributed by atoms with Gasteiger partial charge < -0.3 is 24.7 Å². The number of hydrogen-bond donors (Lipinski definition) is 3. The first-order valence-electron chi connectivity index (χ1n) is 11.3. The number of aryl methyl sites for hydroxylation is 3. The third-order valence-corrected chi connectivity index (χ3v) is 7.28.